The van der Waals surface area contributed by atoms with E-state index in [2.05, 4.69) is 26.1 Å². The summed E-state index contributed by atoms with van der Waals surface area (Å²) in [5.74, 6) is 1.93. The zero-order chi connectivity index (χ0) is 17.1. The summed E-state index contributed by atoms with van der Waals surface area (Å²) in [4.78, 5) is 15.6. The average molecular weight is 331 g/mol. The number of urea groups is 1. The fourth-order valence-corrected chi connectivity index (χ4v) is 3.09. The molecule has 1 aliphatic rings. The minimum Gasteiger partial charge on any atom is -0.465 e. The van der Waals surface area contributed by atoms with Crippen LogP contribution in [0.25, 0.3) is 0 Å². The van der Waals surface area contributed by atoms with Gasteiger partial charge in [-0.15, -0.1) is 0 Å². The highest BCUT2D eigenvalue weighted by Gasteiger charge is 2.26. The second kappa shape index (κ2) is 7.09. The Kier molecular flexibility index (Phi) is 4.89. The summed E-state index contributed by atoms with van der Waals surface area (Å²) in [6.45, 7) is 5.14. The van der Waals surface area contributed by atoms with Gasteiger partial charge >= 0.3 is 6.03 Å². The van der Waals surface area contributed by atoms with Gasteiger partial charge in [-0.1, -0.05) is 0 Å². The van der Waals surface area contributed by atoms with Crippen LogP contribution in [0.1, 0.15) is 29.7 Å². The molecule has 2 aromatic rings. The molecule has 0 bridgehead atoms. The molecule has 7 heteroatoms. The zero-order valence-electron chi connectivity index (χ0n) is 14.5. The van der Waals surface area contributed by atoms with Gasteiger partial charge in [-0.2, -0.15) is 5.10 Å². The summed E-state index contributed by atoms with van der Waals surface area (Å²) < 4.78 is 7.79. The molecule has 3 heterocycles. The monoisotopic (exact) mass is 331 g/mol. The number of carbonyl (C=O) groups is 1. The third kappa shape index (κ3) is 3.79. The second-order valence-corrected chi connectivity index (χ2v) is 6.52. The molecule has 3 rings (SSSR count). The van der Waals surface area contributed by atoms with E-state index >= 15 is 0 Å². The standard InChI is InChI=1S/C17H25N5O2/c1-13-4-5-16(24-13)12-21-10-14(6-8-18-17(23)20(2)3)22-15(11-21)7-9-19-22/h4-5,7,9,14H,6,8,10-12H2,1-3H3,(H,18,23)/t14-/m0/s1. The van der Waals surface area contributed by atoms with Gasteiger partial charge < -0.3 is 14.6 Å². The summed E-state index contributed by atoms with van der Waals surface area (Å²) in [6, 6.07) is 6.28. The largest absolute Gasteiger partial charge is 0.465 e. The van der Waals surface area contributed by atoms with E-state index in [-0.39, 0.29) is 12.1 Å². The molecule has 130 valence electrons. The smallest absolute Gasteiger partial charge is 0.316 e. The van der Waals surface area contributed by atoms with Crippen LogP contribution < -0.4 is 5.32 Å². The van der Waals surface area contributed by atoms with Crippen LogP contribution in [0.5, 0.6) is 0 Å². The second-order valence-electron chi connectivity index (χ2n) is 6.52. The van der Waals surface area contributed by atoms with E-state index in [9.17, 15) is 4.79 Å². The number of furan rings is 1. The quantitative estimate of drug-likeness (QED) is 0.910. The van der Waals surface area contributed by atoms with Crippen molar-refractivity contribution in [1.29, 1.82) is 0 Å². The number of hydrogen-bond donors (Lipinski definition) is 1. The SMILES string of the molecule is Cc1ccc(CN2Cc3ccnn3[C@@H](CCNC(=O)N(C)C)C2)o1. The Labute approximate surface area is 142 Å². The first-order valence-corrected chi connectivity index (χ1v) is 8.28. The summed E-state index contributed by atoms with van der Waals surface area (Å²) in [5, 5.41) is 7.39. The van der Waals surface area contributed by atoms with Crippen LogP contribution in [-0.2, 0) is 13.1 Å². The lowest BCUT2D eigenvalue weighted by Gasteiger charge is -2.33. The minimum absolute atomic E-state index is 0.0607. The maximum absolute atomic E-state index is 11.7. The predicted octanol–water partition coefficient (Wildman–Crippen LogP) is 2.00. The molecular weight excluding hydrogens is 306 g/mol. The first-order valence-electron chi connectivity index (χ1n) is 8.28. The maximum Gasteiger partial charge on any atom is 0.316 e. The summed E-state index contributed by atoms with van der Waals surface area (Å²) >= 11 is 0. The van der Waals surface area contributed by atoms with Crippen LogP contribution in [0, 0.1) is 6.92 Å². The highest BCUT2D eigenvalue weighted by Crippen LogP contribution is 2.24. The van der Waals surface area contributed by atoms with Crippen molar-refractivity contribution in [2.45, 2.75) is 32.5 Å². The lowest BCUT2D eigenvalue weighted by atomic mass is 10.1. The molecule has 0 radical (unpaired) electrons. The van der Waals surface area contributed by atoms with Crippen molar-refractivity contribution in [2.75, 3.05) is 27.2 Å². The van der Waals surface area contributed by atoms with Crippen molar-refractivity contribution in [1.82, 2.24) is 24.9 Å². The van der Waals surface area contributed by atoms with E-state index < -0.39 is 0 Å². The number of hydrogen-bond acceptors (Lipinski definition) is 4. The van der Waals surface area contributed by atoms with Gasteiger partial charge in [0.2, 0.25) is 0 Å². The van der Waals surface area contributed by atoms with Crippen LogP contribution in [0.2, 0.25) is 0 Å². The molecule has 0 saturated heterocycles. The molecule has 0 unspecified atom stereocenters. The van der Waals surface area contributed by atoms with Gasteiger partial charge in [0.15, 0.2) is 0 Å². The van der Waals surface area contributed by atoms with E-state index in [1.165, 1.54) is 5.69 Å². The van der Waals surface area contributed by atoms with Gasteiger partial charge in [0.1, 0.15) is 11.5 Å². The highest BCUT2D eigenvalue weighted by molar-refractivity contribution is 5.73. The molecule has 7 nitrogen and oxygen atoms in total. The van der Waals surface area contributed by atoms with Gasteiger partial charge in [-0.05, 0) is 31.5 Å². The van der Waals surface area contributed by atoms with Gasteiger partial charge in [-0.3, -0.25) is 9.58 Å². The van der Waals surface area contributed by atoms with Crippen molar-refractivity contribution in [3.05, 3.63) is 41.6 Å². The van der Waals surface area contributed by atoms with E-state index in [0.717, 1.165) is 37.6 Å². The molecule has 2 amide bonds. The number of rotatable bonds is 5. The van der Waals surface area contributed by atoms with Gasteiger partial charge in [-0.25, -0.2) is 4.79 Å². The van der Waals surface area contributed by atoms with Crippen molar-refractivity contribution in [3.63, 3.8) is 0 Å². The molecule has 2 aromatic heterocycles. The van der Waals surface area contributed by atoms with Crippen LogP contribution in [0.4, 0.5) is 4.79 Å². The Balaban J connectivity index is 1.62. The maximum atomic E-state index is 11.7. The van der Waals surface area contributed by atoms with Crippen LogP contribution in [-0.4, -0.2) is 52.8 Å². The van der Waals surface area contributed by atoms with E-state index in [1.54, 1.807) is 19.0 Å². The molecule has 0 spiro atoms. The third-order valence-corrected chi connectivity index (χ3v) is 4.29. The molecule has 0 saturated carbocycles. The van der Waals surface area contributed by atoms with Gasteiger partial charge in [0.05, 0.1) is 18.3 Å². The Morgan fingerprint density at radius 2 is 2.25 bits per heavy atom. The number of aryl methyl sites for hydroxylation is 1. The predicted molar refractivity (Wildman–Crippen MR) is 90.5 cm³/mol. The molecule has 0 fully saturated rings. The van der Waals surface area contributed by atoms with Crippen LogP contribution >= 0.6 is 0 Å². The number of nitrogens with one attached hydrogen (secondary N) is 1. The molecule has 0 aliphatic carbocycles. The van der Waals surface area contributed by atoms with Crippen LogP contribution in [0.3, 0.4) is 0 Å². The molecular formula is C17H25N5O2. The number of carbonyl (C=O) groups excluding carboxylic acids is 1. The van der Waals surface area contributed by atoms with Crippen molar-refractivity contribution < 1.29 is 9.21 Å². The van der Waals surface area contributed by atoms with Gasteiger partial charge in [0, 0.05) is 39.9 Å². The van der Waals surface area contributed by atoms with Crippen LogP contribution in [0.15, 0.2) is 28.8 Å². The minimum atomic E-state index is -0.0607. The molecule has 24 heavy (non-hydrogen) atoms. The van der Waals surface area contributed by atoms with Crippen molar-refractivity contribution in [3.8, 4) is 0 Å². The van der Waals surface area contributed by atoms with E-state index in [0.29, 0.717) is 6.54 Å². The Hall–Kier alpha value is -2.28. The van der Waals surface area contributed by atoms with Crippen molar-refractivity contribution in [2.24, 2.45) is 0 Å². The lowest BCUT2D eigenvalue weighted by molar-refractivity contribution is 0.150. The number of amides is 2. The summed E-state index contributed by atoms with van der Waals surface area (Å²) in [7, 11) is 3.49. The van der Waals surface area contributed by atoms with Crippen molar-refractivity contribution >= 4 is 6.03 Å². The fraction of sp³-hybridized carbons (Fsp3) is 0.529. The molecule has 1 atom stereocenters. The number of fused-ring (bicyclic) bond motifs is 1. The zero-order valence-corrected chi connectivity index (χ0v) is 14.5. The Morgan fingerprint density at radius 1 is 1.42 bits per heavy atom. The first kappa shape index (κ1) is 16.6. The average Bonchev–Trinajstić information content (AvgIpc) is 3.16. The topological polar surface area (TPSA) is 66.5 Å². The lowest BCUT2D eigenvalue weighted by Crippen LogP contribution is -2.40. The normalized spacial score (nSPS) is 17.5. The van der Waals surface area contributed by atoms with E-state index in [4.69, 9.17) is 4.42 Å². The molecule has 0 aromatic carbocycles. The van der Waals surface area contributed by atoms with Gasteiger partial charge in [0.25, 0.3) is 0 Å². The first-order chi connectivity index (χ1) is 11.5. The summed E-state index contributed by atoms with van der Waals surface area (Å²) in [6.07, 6.45) is 2.70. The Bertz CT molecular complexity index is 691. The highest BCUT2D eigenvalue weighted by atomic mass is 16.3. The molecule has 1 aliphatic heterocycles. The van der Waals surface area contributed by atoms with E-state index in [1.807, 2.05) is 25.3 Å². The number of aromatic nitrogens is 2. The number of nitrogens with zero attached hydrogens (tertiary/aromatic N) is 4. The Morgan fingerprint density at radius 3 is 2.96 bits per heavy atom. The fourth-order valence-electron chi connectivity index (χ4n) is 3.09. The third-order valence-electron chi connectivity index (χ3n) is 4.29. The summed E-state index contributed by atoms with van der Waals surface area (Å²) in [5.41, 5.74) is 1.20. The molecule has 1 N–H and O–H groups in total.